The lowest BCUT2D eigenvalue weighted by Gasteiger charge is -2.32. The summed E-state index contributed by atoms with van der Waals surface area (Å²) in [5.41, 5.74) is 2.44. The largest absolute Gasteiger partial charge is 0.363 e. The highest BCUT2D eigenvalue weighted by Crippen LogP contribution is 2.27. The zero-order valence-electron chi connectivity index (χ0n) is 10.3. The number of rotatable bonds is 4. The van der Waals surface area contributed by atoms with Gasteiger partial charge in [0, 0.05) is 13.1 Å². The lowest BCUT2D eigenvalue weighted by atomic mass is 10.0. The molecule has 2 aromatic carbocycles. The molecule has 1 fully saturated rings. The minimum Gasteiger partial charge on any atom is -0.363 e. The molecule has 3 rings (SSSR count). The Balaban J connectivity index is 1.88. The SMILES string of the molecule is c1ccc(C(OC2CNC2)c2ccccc2)cc1. The normalized spacial score (nSPS) is 15.6. The molecule has 1 aliphatic heterocycles. The Hall–Kier alpha value is -1.64. The molecule has 1 saturated heterocycles. The van der Waals surface area contributed by atoms with E-state index in [0.717, 1.165) is 13.1 Å². The topological polar surface area (TPSA) is 21.3 Å². The highest BCUT2D eigenvalue weighted by Gasteiger charge is 2.24. The molecular weight excluding hydrogens is 222 g/mol. The van der Waals surface area contributed by atoms with Gasteiger partial charge in [-0.1, -0.05) is 60.7 Å². The molecule has 0 aliphatic carbocycles. The van der Waals surface area contributed by atoms with Gasteiger partial charge in [0.25, 0.3) is 0 Å². The van der Waals surface area contributed by atoms with Gasteiger partial charge < -0.3 is 10.1 Å². The Bertz CT molecular complexity index is 439. The van der Waals surface area contributed by atoms with E-state index in [0.29, 0.717) is 6.10 Å². The summed E-state index contributed by atoms with van der Waals surface area (Å²) in [5.74, 6) is 0. The van der Waals surface area contributed by atoms with Crippen molar-refractivity contribution in [2.75, 3.05) is 13.1 Å². The van der Waals surface area contributed by atoms with Crippen LogP contribution in [0.3, 0.4) is 0 Å². The lowest BCUT2D eigenvalue weighted by Crippen LogP contribution is -2.49. The molecule has 2 nitrogen and oxygen atoms in total. The molecule has 92 valence electrons. The minimum atomic E-state index is 0.0412. The summed E-state index contributed by atoms with van der Waals surface area (Å²) in [5, 5.41) is 3.24. The summed E-state index contributed by atoms with van der Waals surface area (Å²) in [4.78, 5) is 0. The fraction of sp³-hybridized carbons (Fsp3) is 0.250. The predicted molar refractivity (Wildman–Crippen MR) is 72.5 cm³/mol. The molecule has 0 aromatic heterocycles. The van der Waals surface area contributed by atoms with Crippen molar-refractivity contribution in [1.29, 1.82) is 0 Å². The quantitative estimate of drug-likeness (QED) is 0.885. The van der Waals surface area contributed by atoms with Gasteiger partial charge in [0.1, 0.15) is 6.10 Å². The van der Waals surface area contributed by atoms with E-state index >= 15 is 0 Å². The number of nitrogens with one attached hydrogen (secondary N) is 1. The molecule has 1 heterocycles. The molecule has 0 spiro atoms. The molecule has 2 aromatic rings. The van der Waals surface area contributed by atoms with Crippen LogP contribution >= 0.6 is 0 Å². The van der Waals surface area contributed by atoms with E-state index in [1.807, 2.05) is 12.1 Å². The highest BCUT2D eigenvalue weighted by atomic mass is 16.5. The smallest absolute Gasteiger partial charge is 0.108 e. The zero-order valence-corrected chi connectivity index (χ0v) is 10.3. The Morgan fingerprint density at radius 3 is 1.72 bits per heavy atom. The van der Waals surface area contributed by atoms with Crippen LogP contribution in [0.1, 0.15) is 17.2 Å². The third-order valence-electron chi connectivity index (χ3n) is 3.28. The first-order valence-corrected chi connectivity index (χ1v) is 6.39. The number of benzene rings is 2. The fourth-order valence-corrected chi connectivity index (χ4v) is 2.16. The molecule has 0 amide bonds. The number of hydrogen-bond donors (Lipinski definition) is 1. The molecule has 1 aliphatic rings. The van der Waals surface area contributed by atoms with Gasteiger partial charge in [-0.2, -0.15) is 0 Å². The Morgan fingerprint density at radius 1 is 0.833 bits per heavy atom. The molecule has 0 unspecified atom stereocenters. The van der Waals surface area contributed by atoms with Gasteiger partial charge in [-0.3, -0.25) is 0 Å². The van der Waals surface area contributed by atoms with E-state index < -0.39 is 0 Å². The molecule has 0 radical (unpaired) electrons. The summed E-state index contributed by atoms with van der Waals surface area (Å²) >= 11 is 0. The average molecular weight is 239 g/mol. The summed E-state index contributed by atoms with van der Waals surface area (Å²) in [7, 11) is 0. The van der Waals surface area contributed by atoms with Gasteiger partial charge in [-0.25, -0.2) is 0 Å². The fourth-order valence-electron chi connectivity index (χ4n) is 2.16. The van der Waals surface area contributed by atoms with Gasteiger partial charge in [0.05, 0.1) is 6.10 Å². The van der Waals surface area contributed by atoms with Crippen molar-refractivity contribution in [3.63, 3.8) is 0 Å². The van der Waals surface area contributed by atoms with Crippen molar-refractivity contribution in [1.82, 2.24) is 5.32 Å². The van der Waals surface area contributed by atoms with Crippen LogP contribution in [-0.4, -0.2) is 19.2 Å². The van der Waals surface area contributed by atoms with Crippen LogP contribution in [0.5, 0.6) is 0 Å². The predicted octanol–water partition coefficient (Wildman–Crippen LogP) is 2.76. The summed E-state index contributed by atoms with van der Waals surface area (Å²) in [6, 6.07) is 20.8. The molecule has 0 atom stereocenters. The van der Waals surface area contributed by atoms with Crippen molar-refractivity contribution in [3.05, 3.63) is 71.8 Å². The van der Waals surface area contributed by atoms with Gasteiger partial charge in [-0.15, -0.1) is 0 Å². The standard InChI is InChI=1S/C16H17NO/c1-3-7-13(8-4-1)16(18-15-11-17-12-15)14-9-5-2-6-10-14/h1-10,15-17H,11-12H2. The van der Waals surface area contributed by atoms with E-state index in [9.17, 15) is 0 Å². The Labute approximate surface area is 108 Å². The Kier molecular flexibility index (Phi) is 3.40. The van der Waals surface area contributed by atoms with Crippen molar-refractivity contribution in [2.24, 2.45) is 0 Å². The highest BCUT2D eigenvalue weighted by molar-refractivity contribution is 5.30. The van der Waals surface area contributed by atoms with Gasteiger partial charge in [-0.05, 0) is 11.1 Å². The average Bonchev–Trinajstić information content (AvgIpc) is 2.40. The third-order valence-corrected chi connectivity index (χ3v) is 3.28. The molecule has 0 bridgehead atoms. The van der Waals surface area contributed by atoms with Crippen LogP contribution in [0.2, 0.25) is 0 Å². The maximum Gasteiger partial charge on any atom is 0.108 e. The molecular formula is C16H17NO. The monoisotopic (exact) mass is 239 g/mol. The van der Waals surface area contributed by atoms with Crippen LogP contribution < -0.4 is 5.32 Å². The van der Waals surface area contributed by atoms with E-state index in [4.69, 9.17) is 4.74 Å². The minimum absolute atomic E-state index is 0.0412. The molecule has 18 heavy (non-hydrogen) atoms. The summed E-state index contributed by atoms with van der Waals surface area (Å²) in [6.45, 7) is 1.91. The summed E-state index contributed by atoms with van der Waals surface area (Å²) < 4.78 is 6.20. The molecule has 2 heteroatoms. The van der Waals surface area contributed by atoms with Crippen LogP contribution in [0, 0.1) is 0 Å². The van der Waals surface area contributed by atoms with Crippen LogP contribution in [0.25, 0.3) is 0 Å². The van der Waals surface area contributed by atoms with E-state index in [2.05, 4.69) is 53.8 Å². The first-order chi connectivity index (χ1) is 8.93. The maximum atomic E-state index is 6.20. The van der Waals surface area contributed by atoms with E-state index in [-0.39, 0.29) is 6.10 Å². The second kappa shape index (κ2) is 5.34. The molecule has 1 N–H and O–H groups in total. The van der Waals surface area contributed by atoms with Crippen molar-refractivity contribution in [2.45, 2.75) is 12.2 Å². The van der Waals surface area contributed by atoms with Crippen molar-refractivity contribution in [3.8, 4) is 0 Å². The Morgan fingerprint density at radius 2 is 1.33 bits per heavy atom. The first kappa shape index (κ1) is 11.5. The summed E-state index contributed by atoms with van der Waals surface area (Å²) in [6.07, 6.45) is 0.370. The van der Waals surface area contributed by atoms with Gasteiger partial charge >= 0.3 is 0 Å². The maximum absolute atomic E-state index is 6.20. The second-order valence-corrected chi connectivity index (χ2v) is 4.62. The van der Waals surface area contributed by atoms with Crippen LogP contribution in [0.15, 0.2) is 60.7 Å². The number of hydrogen-bond acceptors (Lipinski definition) is 2. The van der Waals surface area contributed by atoms with Crippen LogP contribution in [0.4, 0.5) is 0 Å². The van der Waals surface area contributed by atoms with Crippen molar-refractivity contribution >= 4 is 0 Å². The molecule has 0 saturated carbocycles. The lowest BCUT2D eigenvalue weighted by molar-refractivity contribution is -0.0202. The first-order valence-electron chi connectivity index (χ1n) is 6.39. The van der Waals surface area contributed by atoms with Gasteiger partial charge in [0.2, 0.25) is 0 Å². The van der Waals surface area contributed by atoms with E-state index in [1.165, 1.54) is 11.1 Å². The van der Waals surface area contributed by atoms with E-state index in [1.54, 1.807) is 0 Å². The van der Waals surface area contributed by atoms with Crippen molar-refractivity contribution < 1.29 is 4.74 Å². The zero-order chi connectivity index (χ0) is 12.2. The van der Waals surface area contributed by atoms with Gasteiger partial charge in [0.15, 0.2) is 0 Å². The second-order valence-electron chi connectivity index (χ2n) is 4.62. The number of ether oxygens (including phenoxy) is 1. The third kappa shape index (κ3) is 2.45. The van der Waals surface area contributed by atoms with Crippen LogP contribution in [-0.2, 0) is 4.74 Å².